The minimum Gasteiger partial charge on any atom is -0.344 e. The molecule has 1 aliphatic carbocycles. The molecule has 3 aliphatic rings. The highest BCUT2D eigenvalue weighted by Crippen LogP contribution is 2.52. The van der Waals surface area contributed by atoms with Gasteiger partial charge >= 0.3 is 0 Å². The van der Waals surface area contributed by atoms with Gasteiger partial charge in [0.1, 0.15) is 6.54 Å². The highest BCUT2D eigenvalue weighted by molar-refractivity contribution is 9.11. The van der Waals surface area contributed by atoms with Crippen molar-refractivity contribution >= 4 is 130 Å². The van der Waals surface area contributed by atoms with Gasteiger partial charge in [0.05, 0.1) is 21.4 Å². The fourth-order valence-electron chi connectivity index (χ4n) is 10.4. The molecule has 0 saturated heterocycles. The van der Waals surface area contributed by atoms with Gasteiger partial charge in [0.2, 0.25) is 5.69 Å². The summed E-state index contributed by atoms with van der Waals surface area (Å²) in [5, 5.41) is 4.94. The van der Waals surface area contributed by atoms with E-state index in [0.717, 1.165) is 61.2 Å². The van der Waals surface area contributed by atoms with E-state index >= 15 is 0 Å². The van der Waals surface area contributed by atoms with Crippen LogP contribution in [-0.4, -0.2) is 47.1 Å². The summed E-state index contributed by atoms with van der Waals surface area (Å²) >= 11 is 14.6. The molecular formula is C54H55Br3N3O3S3+. The van der Waals surface area contributed by atoms with Crippen LogP contribution in [0.1, 0.15) is 97.1 Å². The minimum absolute atomic E-state index is 0.217. The van der Waals surface area contributed by atoms with Gasteiger partial charge in [-0.3, -0.25) is 4.55 Å². The normalized spacial score (nSPS) is 18.3. The van der Waals surface area contributed by atoms with E-state index in [1.165, 1.54) is 83.4 Å². The summed E-state index contributed by atoms with van der Waals surface area (Å²) in [4.78, 5) is 8.81. The molecule has 0 spiro atoms. The van der Waals surface area contributed by atoms with E-state index in [0.29, 0.717) is 19.4 Å². The van der Waals surface area contributed by atoms with E-state index in [9.17, 15) is 13.0 Å². The number of benzene rings is 5. The number of hydrogen-bond acceptors (Lipinski definition) is 6. The summed E-state index contributed by atoms with van der Waals surface area (Å²) in [6.07, 6.45) is 17.0. The first-order chi connectivity index (χ1) is 31.5. The zero-order chi connectivity index (χ0) is 46.5. The Balaban J connectivity index is 1.16. The molecule has 5 aromatic carbocycles. The van der Waals surface area contributed by atoms with Crippen LogP contribution in [0.3, 0.4) is 0 Å². The number of rotatable bonds is 14. The fraction of sp³-hybridized carbons (Fsp3) is 0.333. The summed E-state index contributed by atoms with van der Waals surface area (Å²) in [6, 6.07) is 28.5. The predicted molar refractivity (Wildman–Crippen MR) is 291 cm³/mol. The lowest BCUT2D eigenvalue weighted by molar-refractivity contribution is -0.438. The van der Waals surface area contributed by atoms with Crippen LogP contribution < -0.4 is 4.90 Å². The van der Waals surface area contributed by atoms with Crippen molar-refractivity contribution in [2.75, 3.05) is 23.7 Å². The van der Waals surface area contributed by atoms with Crippen molar-refractivity contribution in [3.63, 3.8) is 0 Å². The van der Waals surface area contributed by atoms with Gasteiger partial charge in [-0.25, -0.2) is 4.98 Å². The number of halogens is 3. The third-order valence-electron chi connectivity index (χ3n) is 13.5. The van der Waals surface area contributed by atoms with E-state index in [-0.39, 0.29) is 16.6 Å². The van der Waals surface area contributed by atoms with Crippen LogP contribution >= 0.6 is 70.9 Å². The Hall–Kier alpha value is -3.36. The Morgan fingerprint density at radius 1 is 0.803 bits per heavy atom. The molecule has 0 unspecified atom stereocenters. The molecule has 0 fully saturated rings. The smallest absolute Gasteiger partial charge is 0.264 e. The molecule has 0 radical (unpaired) electrons. The molecule has 0 saturated carbocycles. The van der Waals surface area contributed by atoms with Crippen molar-refractivity contribution in [3.8, 4) is 0 Å². The average molecular weight is 1130 g/mol. The molecule has 66 heavy (non-hydrogen) atoms. The first kappa shape index (κ1) is 47.7. The standard InChI is InChI=1S/C54H54Br3N3O3S3/c1-6-7-8-28-59-44-23-14-36-31-38(55)18-21-41(36)49(44)53(2,3)47(59)26-16-34-12-11-13-35(51(34)65-52-58-43-33-40(57)20-25-46(43)64-52)17-27-48-54(4,5)50-42-22-19-39(56)32-37(42)15-24-45(50)60(48)29-9-10-30-66(61,62)63/h14-27,31-33H,6-13,28-30H2,1-5H3/p+1. The maximum atomic E-state index is 11.7. The number of anilines is 1. The molecule has 6 nitrogen and oxygen atoms in total. The van der Waals surface area contributed by atoms with E-state index < -0.39 is 10.1 Å². The van der Waals surface area contributed by atoms with Crippen LogP contribution in [0.2, 0.25) is 0 Å². The van der Waals surface area contributed by atoms with Crippen LogP contribution in [0.4, 0.5) is 11.4 Å². The van der Waals surface area contributed by atoms with Gasteiger partial charge in [-0.1, -0.05) is 117 Å². The third-order valence-corrected chi connectivity index (χ3v) is 18.1. The maximum Gasteiger partial charge on any atom is 0.264 e. The Kier molecular flexibility index (Phi) is 13.9. The van der Waals surface area contributed by atoms with Gasteiger partial charge in [-0.15, -0.1) is 11.3 Å². The van der Waals surface area contributed by atoms with Gasteiger partial charge in [0.25, 0.3) is 10.1 Å². The average Bonchev–Trinajstić information content (AvgIpc) is 3.84. The van der Waals surface area contributed by atoms with Crippen molar-refractivity contribution in [1.82, 2.24) is 4.98 Å². The second-order valence-electron chi connectivity index (χ2n) is 18.8. The molecule has 0 bridgehead atoms. The number of hydrogen-bond donors (Lipinski definition) is 1. The molecule has 0 atom stereocenters. The number of aromatic nitrogens is 1. The van der Waals surface area contributed by atoms with Crippen molar-refractivity contribution < 1.29 is 17.5 Å². The van der Waals surface area contributed by atoms with E-state index in [2.05, 4.69) is 195 Å². The van der Waals surface area contributed by atoms with E-state index in [1.54, 1.807) is 23.1 Å². The zero-order valence-electron chi connectivity index (χ0n) is 38.1. The Bertz CT molecular complexity index is 3200. The Morgan fingerprint density at radius 2 is 1.50 bits per heavy atom. The van der Waals surface area contributed by atoms with Gasteiger partial charge < -0.3 is 4.90 Å². The molecule has 9 rings (SSSR count). The molecular weight excluding hydrogens is 1070 g/mol. The van der Waals surface area contributed by atoms with E-state index in [4.69, 9.17) is 4.98 Å². The first-order valence-corrected chi connectivity index (χ1v) is 28.6. The number of allylic oxidation sites excluding steroid dienone is 7. The monoisotopic (exact) mass is 1130 g/mol. The van der Waals surface area contributed by atoms with Gasteiger partial charge in [0.15, 0.2) is 10.1 Å². The van der Waals surface area contributed by atoms with Crippen LogP contribution in [0.25, 0.3) is 31.8 Å². The number of thiazole rings is 1. The Morgan fingerprint density at radius 3 is 2.23 bits per heavy atom. The SMILES string of the molecule is CCCCC[N+]1=C(/C=C/C2=C(Sc3nc4cc(Br)ccc4s3)C(=C/C=C3/N(CCCCS(=O)(=O)O)c4ccc5cc(Br)ccc5c4C3(C)C)/CCC2)C(C)(C)c2c1ccc1cc(Br)ccc21. The highest BCUT2D eigenvalue weighted by atomic mass is 79.9. The highest BCUT2D eigenvalue weighted by Gasteiger charge is 2.46. The van der Waals surface area contributed by atoms with Gasteiger partial charge in [-0.2, -0.15) is 13.0 Å². The fourth-order valence-corrected chi connectivity index (χ4v) is 14.4. The summed E-state index contributed by atoms with van der Waals surface area (Å²) in [5.74, 6) is -0.246. The van der Waals surface area contributed by atoms with Crippen molar-refractivity contribution in [2.24, 2.45) is 0 Å². The molecule has 6 aromatic rings. The molecule has 3 heterocycles. The zero-order valence-corrected chi connectivity index (χ0v) is 45.3. The molecule has 0 amide bonds. The summed E-state index contributed by atoms with van der Waals surface area (Å²) < 4.78 is 41.0. The molecule has 12 heteroatoms. The number of thioether (sulfide) groups is 1. The topological polar surface area (TPSA) is 73.5 Å². The van der Waals surface area contributed by atoms with Crippen LogP contribution in [-0.2, 0) is 20.9 Å². The second-order valence-corrected chi connectivity index (χ2v) is 25.4. The minimum atomic E-state index is -4.04. The molecule has 2 aliphatic heterocycles. The largest absolute Gasteiger partial charge is 0.344 e. The van der Waals surface area contributed by atoms with Gasteiger partial charge in [-0.05, 0) is 151 Å². The van der Waals surface area contributed by atoms with Crippen LogP contribution in [0, 0.1) is 0 Å². The molecule has 1 aromatic heterocycles. The third kappa shape index (κ3) is 9.51. The summed E-state index contributed by atoms with van der Waals surface area (Å²) in [6.45, 7) is 13.3. The van der Waals surface area contributed by atoms with Crippen LogP contribution in [0.5, 0.6) is 0 Å². The quantitative estimate of drug-likeness (QED) is 0.0666. The van der Waals surface area contributed by atoms with Crippen molar-refractivity contribution in [3.05, 3.63) is 149 Å². The predicted octanol–water partition coefficient (Wildman–Crippen LogP) is 16.5. The lowest BCUT2D eigenvalue weighted by Gasteiger charge is -2.27. The van der Waals surface area contributed by atoms with Crippen molar-refractivity contribution in [2.45, 2.75) is 101 Å². The summed E-state index contributed by atoms with van der Waals surface area (Å²) in [7, 11) is -4.04. The lowest BCUT2D eigenvalue weighted by Crippen LogP contribution is -2.28. The number of unbranched alkanes of at least 4 members (excludes halogenated alkanes) is 3. The number of nitrogens with zero attached hydrogens (tertiary/aromatic N) is 3. The molecule has 1 N–H and O–H groups in total. The first-order valence-electron chi connectivity index (χ1n) is 22.9. The van der Waals surface area contributed by atoms with E-state index in [1.807, 2.05) is 0 Å². The summed E-state index contributed by atoms with van der Waals surface area (Å²) in [5.41, 5.74) is 10.7. The van der Waals surface area contributed by atoms with Crippen molar-refractivity contribution in [1.29, 1.82) is 0 Å². The lowest BCUT2D eigenvalue weighted by atomic mass is 9.78. The number of fused-ring (bicyclic) bond motifs is 7. The van der Waals surface area contributed by atoms with Crippen LogP contribution in [0.15, 0.2) is 143 Å². The second kappa shape index (κ2) is 19.2. The van der Waals surface area contributed by atoms with Gasteiger partial charge in [0, 0.05) is 65.8 Å². The Labute approximate surface area is 423 Å². The molecule has 342 valence electrons. The maximum absolute atomic E-state index is 11.7.